The normalized spacial score (nSPS) is 12.0. The van der Waals surface area contributed by atoms with Crippen LogP contribution in [-0.2, 0) is 6.18 Å². The van der Waals surface area contributed by atoms with Crippen LogP contribution in [0.15, 0.2) is 35.4 Å². The average molecular weight is 308 g/mol. The zero-order valence-corrected chi connectivity index (χ0v) is 11.7. The summed E-state index contributed by atoms with van der Waals surface area (Å²) in [7, 11) is 0. The monoisotopic (exact) mass is 308 g/mol. The van der Waals surface area contributed by atoms with Gasteiger partial charge in [0.15, 0.2) is 0 Å². The maximum atomic E-state index is 12.8. The lowest BCUT2D eigenvalue weighted by Crippen LogP contribution is -2.22. The van der Waals surface area contributed by atoms with Gasteiger partial charge in [-0.25, -0.2) is 0 Å². The van der Waals surface area contributed by atoms with Crippen molar-refractivity contribution < 1.29 is 13.2 Å². The summed E-state index contributed by atoms with van der Waals surface area (Å²) in [5.74, 6) is -1.22. The molecule has 0 fully saturated rings. The molecule has 0 amide bonds. The van der Waals surface area contributed by atoms with Crippen molar-refractivity contribution in [3.8, 4) is 5.69 Å². The largest absolute Gasteiger partial charge is 0.452 e. The Hall–Kier alpha value is -2.64. The second-order valence-corrected chi connectivity index (χ2v) is 4.98. The Labute approximate surface area is 122 Å². The first-order chi connectivity index (χ1) is 10.3. The van der Waals surface area contributed by atoms with Gasteiger partial charge in [0.1, 0.15) is 0 Å². The topological polar surface area (TPSA) is 52.2 Å². The van der Waals surface area contributed by atoms with E-state index in [-0.39, 0.29) is 5.65 Å². The highest BCUT2D eigenvalue weighted by atomic mass is 19.4. The van der Waals surface area contributed by atoms with Crippen molar-refractivity contribution in [2.75, 3.05) is 0 Å². The highest BCUT2D eigenvalue weighted by Crippen LogP contribution is 2.27. The average Bonchev–Trinajstić information content (AvgIpc) is 2.85. The van der Waals surface area contributed by atoms with Gasteiger partial charge in [-0.2, -0.15) is 13.2 Å². The Kier molecular flexibility index (Phi) is 3.05. The Morgan fingerprint density at radius 2 is 1.82 bits per heavy atom. The van der Waals surface area contributed by atoms with Gasteiger partial charge in [-0.1, -0.05) is 17.7 Å². The molecule has 0 radical (unpaired) electrons. The van der Waals surface area contributed by atoms with Crippen LogP contribution in [0, 0.1) is 13.8 Å². The molecule has 1 aromatic carbocycles. The minimum absolute atomic E-state index is 0.366. The molecule has 0 N–H and O–H groups in total. The van der Waals surface area contributed by atoms with Gasteiger partial charge >= 0.3 is 11.7 Å². The molecule has 0 bridgehead atoms. The van der Waals surface area contributed by atoms with Crippen molar-refractivity contribution in [2.24, 2.45) is 0 Å². The number of nitrogens with zero attached hydrogens (tertiary/aromatic N) is 4. The maximum Gasteiger partial charge on any atom is 0.452 e. The van der Waals surface area contributed by atoms with E-state index < -0.39 is 17.6 Å². The summed E-state index contributed by atoms with van der Waals surface area (Å²) in [6, 6.07) is 5.45. The van der Waals surface area contributed by atoms with E-state index in [0.717, 1.165) is 17.3 Å². The van der Waals surface area contributed by atoms with Crippen LogP contribution in [0.25, 0.3) is 11.3 Å². The molecular weight excluding hydrogens is 297 g/mol. The van der Waals surface area contributed by atoms with Gasteiger partial charge in [0.05, 0.1) is 5.69 Å². The molecule has 0 aliphatic carbocycles. The van der Waals surface area contributed by atoms with E-state index in [1.165, 1.54) is 10.8 Å². The fourth-order valence-corrected chi connectivity index (χ4v) is 2.35. The van der Waals surface area contributed by atoms with Crippen molar-refractivity contribution in [3.63, 3.8) is 0 Å². The van der Waals surface area contributed by atoms with Crippen LogP contribution in [0.1, 0.15) is 17.0 Å². The van der Waals surface area contributed by atoms with Gasteiger partial charge in [-0.3, -0.25) is 13.8 Å². The smallest absolute Gasteiger partial charge is 0.279 e. The number of hydrogen-bond donors (Lipinski definition) is 0. The van der Waals surface area contributed by atoms with E-state index in [1.54, 1.807) is 6.07 Å². The molecule has 0 aliphatic heterocycles. The molecule has 5 nitrogen and oxygen atoms in total. The van der Waals surface area contributed by atoms with E-state index in [9.17, 15) is 18.0 Å². The van der Waals surface area contributed by atoms with E-state index in [0.29, 0.717) is 10.1 Å². The molecule has 0 aliphatic rings. The Bertz CT molecular complexity index is 924. The van der Waals surface area contributed by atoms with Crippen molar-refractivity contribution in [1.82, 2.24) is 19.2 Å². The number of alkyl halides is 3. The Morgan fingerprint density at radius 3 is 2.45 bits per heavy atom. The van der Waals surface area contributed by atoms with Crippen LogP contribution in [0.2, 0.25) is 0 Å². The molecule has 0 spiro atoms. The molecule has 2 heterocycles. The predicted molar refractivity (Wildman–Crippen MR) is 73.1 cm³/mol. The van der Waals surface area contributed by atoms with Gasteiger partial charge in [0, 0.05) is 12.4 Å². The highest BCUT2D eigenvalue weighted by Gasteiger charge is 2.37. The maximum absolute atomic E-state index is 12.8. The van der Waals surface area contributed by atoms with Gasteiger partial charge in [-0.15, -0.1) is 10.2 Å². The van der Waals surface area contributed by atoms with Gasteiger partial charge in [-0.05, 0) is 25.5 Å². The van der Waals surface area contributed by atoms with Crippen LogP contribution in [0.4, 0.5) is 13.2 Å². The summed E-state index contributed by atoms with van der Waals surface area (Å²) >= 11 is 0. The second-order valence-electron chi connectivity index (χ2n) is 4.98. The molecule has 22 heavy (non-hydrogen) atoms. The minimum atomic E-state index is -4.67. The number of rotatable bonds is 1. The highest BCUT2D eigenvalue weighted by molar-refractivity contribution is 5.46. The Morgan fingerprint density at radius 1 is 1.09 bits per heavy atom. The second kappa shape index (κ2) is 4.69. The van der Waals surface area contributed by atoms with Gasteiger partial charge in [0.2, 0.25) is 11.5 Å². The molecule has 3 aromatic rings. The van der Waals surface area contributed by atoms with Crippen molar-refractivity contribution in [1.29, 1.82) is 0 Å². The van der Waals surface area contributed by atoms with Crippen LogP contribution < -0.4 is 5.56 Å². The lowest BCUT2D eigenvalue weighted by molar-refractivity contribution is -0.145. The van der Waals surface area contributed by atoms with E-state index >= 15 is 0 Å². The summed E-state index contributed by atoms with van der Waals surface area (Å²) in [4.78, 5) is 12.4. The first-order valence-electron chi connectivity index (χ1n) is 6.40. The van der Waals surface area contributed by atoms with Crippen molar-refractivity contribution in [3.05, 3.63) is 57.9 Å². The molecule has 114 valence electrons. The van der Waals surface area contributed by atoms with Crippen LogP contribution >= 0.6 is 0 Å². The lowest BCUT2D eigenvalue weighted by atomic mass is 10.1. The molecule has 8 heteroatoms. The number of halogens is 3. The summed E-state index contributed by atoms with van der Waals surface area (Å²) in [5, 5.41) is 6.45. The molecular formula is C14H11F3N4O. The first kappa shape index (κ1) is 14.3. The summed E-state index contributed by atoms with van der Waals surface area (Å²) < 4.78 is 40.3. The predicted octanol–water partition coefficient (Wildman–Crippen LogP) is 2.52. The molecule has 2 aromatic heterocycles. The van der Waals surface area contributed by atoms with Crippen molar-refractivity contribution >= 4 is 5.65 Å². The third-order valence-electron chi connectivity index (χ3n) is 3.34. The fourth-order valence-electron chi connectivity index (χ4n) is 2.35. The number of aryl methyl sites for hydroxylation is 2. The first-order valence-corrected chi connectivity index (χ1v) is 6.40. The molecule has 0 saturated heterocycles. The third-order valence-corrected chi connectivity index (χ3v) is 3.34. The van der Waals surface area contributed by atoms with Gasteiger partial charge in [0.25, 0.3) is 0 Å². The molecule has 0 atom stereocenters. The fraction of sp³-hybridized carbons (Fsp3) is 0.214. The lowest BCUT2D eigenvalue weighted by Gasteiger charge is -2.10. The number of benzene rings is 1. The number of fused-ring (bicyclic) bond motifs is 1. The van der Waals surface area contributed by atoms with Crippen LogP contribution in [0.5, 0.6) is 0 Å². The molecule has 0 unspecified atom stereocenters. The SMILES string of the molecule is Cc1ccc(-n2ccn3c(C(F)(F)F)nnc3c2=O)c(C)c1. The third kappa shape index (κ3) is 2.16. The molecule has 3 rings (SSSR count). The minimum Gasteiger partial charge on any atom is -0.279 e. The van der Waals surface area contributed by atoms with Crippen LogP contribution in [0.3, 0.4) is 0 Å². The number of hydrogen-bond acceptors (Lipinski definition) is 3. The standard InChI is InChI=1S/C14H11F3N4O/c1-8-3-4-10(9(2)7-8)20-5-6-21-11(12(20)22)18-19-13(21)14(15,16)17/h3-7H,1-2H3. The summed E-state index contributed by atoms with van der Waals surface area (Å²) in [6.45, 7) is 3.74. The van der Waals surface area contributed by atoms with E-state index in [1.807, 2.05) is 26.0 Å². The Balaban J connectivity index is 2.26. The van der Waals surface area contributed by atoms with Gasteiger partial charge < -0.3 is 0 Å². The summed E-state index contributed by atoms with van der Waals surface area (Å²) in [6.07, 6.45) is -2.25. The van der Waals surface area contributed by atoms with E-state index in [4.69, 9.17) is 0 Å². The number of aromatic nitrogens is 4. The zero-order chi connectivity index (χ0) is 16.1. The summed E-state index contributed by atoms with van der Waals surface area (Å²) in [5.41, 5.74) is 1.43. The van der Waals surface area contributed by atoms with E-state index in [2.05, 4.69) is 10.2 Å². The van der Waals surface area contributed by atoms with Crippen molar-refractivity contribution in [2.45, 2.75) is 20.0 Å². The molecule has 0 saturated carbocycles. The van der Waals surface area contributed by atoms with Crippen LogP contribution in [-0.4, -0.2) is 19.2 Å². The zero-order valence-electron chi connectivity index (χ0n) is 11.7. The quantitative estimate of drug-likeness (QED) is 0.694.